The molecule has 2 unspecified atom stereocenters. The van der Waals surface area contributed by atoms with Crippen LogP contribution in [0, 0.1) is 11.3 Å². The highest BCUT2D eigenvalue weighted by molar-refractivity contribution is 6.02. The Morgan fingerprint density at radius 3 is 2.73 bits per heavy atom. The predicted octanol–water partition coefficient (Wildman–Crippen LogP) is 3.95. The number of fused-ring (bicyclic) bond motifs is 1. The zero-order valence-electron chi connectivity index (χ0n) is 14.3. The van der Waals surface area contributed by atoms with E-state index in [-0.39, 0.29) is 5.78 Å². The molecule has 1 N–H and O–H groups in total. The maximum Gasteiger partial charge on any atom is 0.187 e. The number of nitrogens with zero attached hydrogens (tertiary/aromatic N) is 2. The van der Waals surface area contributed by atoms with E-state index in [0.717, 1.165) is 37.1 Å². The van der Waals surface area contributed by atoms with Crippen LogP contribution in [0.5, 0.6) is 0 Å². The van der Waals surface area contributed by atoms with Gasteiger partial charge in [0.25, 0.3) is 0 Å². The van der Waals surface area contributed by atoms with E-state index < -0.39 is 5.92 Å². The first-order chi connectivity index (χ1) is 12.8. The zero-order chi connectivity index (χ0) is 17.9. The molecule has 0 radical (unpaired) electrons. The van der Waals surface area contributed by atoms with Crippen molar-refractivity contribution in [2.75, 3.05) is 13.2 Å². The Balaban J connectivity index is 1.57. The molecule has 26 heavy (non-hydrogen) atoms. The number of aromatic nitrogens is 2. The number of nitriles is 1. The third-order valence-electron chi connectivity index (χ3n) is 4.90. The monoisotopic (exact) mass is 345 g/mol. The second kappa shape index (κ2) is 7.11. The van der Waals surface area contributed by atoms with Crippen molar-refractivity contribution in [1.82, 2.24) is 9.97 Å². The number of para-hydroxylation sites is 2. The Kier molecular flexibility index (Phi) is 4.51. The molecule has 2 aromatic carbocycles. The van der Waals surface area contributed by atoms with Crippen LogP contribution in [-0.4, -0.2) is 29.0 Å². The Bertz CT molecular complexity index is 930. The van der Waals surface area contributed by atoms with Crippen molar-refractivity contribution >= 4 is 16.8 Å². The smallest absolute Gasteiger partial charge is 0.187 e. The molecule has 1 fully saturated rings. The summed E-state index contributed by atoms with van der Waals surface area (Å²) in [7, 11) is 0. The summed E-state index contributed by atoms with van der Waals surface area (Å²) in [6.07, 6.45) is 2.17. The summed E-state index contributed by atoms with van der Waals surface area (Å²) < 4.78 is 5.53. The van der Waals surface area contributed by atoms with Crippen LogP contribution in [0.3, 0.4) is 0 Å². The zero-order valence-corrected chi connectivity index (χ0v) is 14.3. The van der Waals surface area contributed by atoms with Crippen LogP contribution < -0.4 is 0 Å². The number of carbonyl (C=O) groups excluding carboxylic acids is 1. The molecule has 3 aromatic rings. The van der Waals surface area contributed by atoms with Crippen LogP contribution in [-0.2, 0) is 4.74 Å². The maximum atomic E-state index is 12.8. The molecule has 1 saturated heterocycles. The molecule has 2 heterocycles. The number of rotatable bonds is 4. The van der Waals surface area contributed by atoms with E-state index in [4.69, 9.17) is 4.74 Å². The molecule has 0 saturated carbocycles. The van der Waals surface area contributed by atoms with E-state index in [2.05, 4.69) is 16.0 Å². The normalized spacial score (nSPS) is 18.3. The van der Waals surface area contributed by atoms with Gasteiger partial charge in [0, 0.05) is 18.1 Å². The molecule has 0 bridgehead atoms. The number of nitrogens with one attached hydrogen (secondary N) is 1. The summed E-state index contributed by atoms with van der Waals surface area (Å²) >= 11 is 0. The first kappa shape index (κ1) is 16.5. The van der Waals surface area contributed by atoms with Crippen molar-refractivity contribution in [3.63, 3.8) is 0 Å². The summed E-state index contributed by atoms with van der Waals surface area (Å²) in [4.78, 5) is 20.3. The largest absolute Gasteiger partial charge is 0.381 e. The Hall–Kier alpha value is -2.97. The Morgan fingerprint density at radius 1 is 1.23 bits per heavy atom. The second-order valence-electron chi connectivity index (χ2n) is 6.60. The average Bonchev–Trinajstić information content (AvgIpc) is 3.13. The molecule has 0 spiro atoms. The Morgan fingerprint density at radius 2 is 2.04 bits per heavy atom. The van der Waals surface area contributed by atoms with Gasteiger partial charge in [0.2, 0.25) is 0 Å². The number of carbonyl (C=O) groups is 1. The predicted molar refractivity (Wildman–Crippen MR) is 98.0 cm³/mol. The third-order valence-corrected chi connectivity index (χ3v) is 4.90. The van der Waals surface area contributed by atoms with E-state index in [9.17, 15) is 10.1 Å². The van der Waals surface area contributed by atoms with Crippen LogP contribution in [0.1, 0.15) is 46.4 Å². The molecule has 5 heteroatoms. The van der Waals surface area contributed by atoms with Gasteiger partial charge in [0.05, 0.1) is 23.7 Å². The number of H-pyrrole nitrogens is 1. The van der Waals surface area contributed by atoms with Crippen LogP contribution in [0.15, 0.2) is 48.5 Å². The van der Waals surface area contributed by atoms with Gasteiger partial charge in [-0.15, -0.1) is 0 Å². The fourth-order valence-corrected chi connectivity index (χ4v) is 3.44. The average molecular weight is 345 g/mol. The van der Waals surface area contributed by atoms with Gasteiger partial charge in [0.15, 0.2) is 11.7 Å². The molecule has 4 rings (SSSR count). The van der Waals surface area contributed by atoms with Crippen LogP contribution >= 0.6 is 0 Å². The quantitative estimate of drug-likeness (QED) is 0.726. The molecule has 1 aliphatic rings. The number of benzene rings is 2. The topological polar surface area (TPSA) is 78.8 Å². The molecule has 130 valence electrons. The van der Waals surface area contributed by atoms with Crippen molar-refractivity contribution in [3.8, 4) is 6.07 Å². The number of imidazole rings is 1. The Labute approximate surface area is 151 Å². The molecule has 0 aliphatic carbocycles. The number of hydrogen-bond acceptors (Lipinski definition) is 4. The molecule has 1 aromatic heterocycles. The summed E-state index contributed by atoms with van der Waals surface area (Å²) in [5, 5.41) is 9.55. The summed E-state index contributed by atoms with van der Waals surface area (Å²) in [6, 6.07) is 17.2. The van der Waals surface area contributed by atoms with Gasteiger partial charge in [-0.2, -0.15) is 5.26 Å². The highest BCUT2D eigenvalue weighted by Gasteiger charge is 2.25. The fraction of sp³-hybridized carbons (Fsp3) is 0.286. The molecular formula is C21H19N3O2. The highest BCUT2D eigenvalue weighted by Crippen LogP contribution is 2.27. The molecule has 1 aliphatic heterocycles. The van der Waals surface area contributed by atoms with Gasteiger partial charge in [0.1, 0.15) is 5.82 Å². The van der Waals surface area contributed by atoms with Gasteiger partial charge in [-0.3, -0.25) is 4.79 Å². The molecule has 0 amide bonds. The second-order valence-corrected chi connectivity index (χ2v) is 6.60. The first-order valence-corrected chi connectivity index (χ1v) is 8.82. The van der Waals surface area contributed by atoms with Crippen molar-refractivity contribution in [1.29, 1.82) is 5.26 Å². The van der Waals surface area contributed by atoms with Gasteiger partial charge >= 0.3 is 0 Å². The van der Waals surface area contributed by atoms with Gasteiger partial charge in [-0.25, -0.2) is 4.98 Å². The number of ketones is 1. The minimum absolute atomic E-state index is 0.238. The SMILES string of the molecule is N#CC(C(=O)c1ccc(C2CCCOC2)cc1)c1nc2ccccc2[nH]1. The van der Waals surface area contributed by atoms with E-state index in [0.29, 0.717) is 17.3 Å². The summed E-state index contributed by atoms with van der Waals surface area (Å²) in [5.74, 6) is -0.400. The van der Waals surface area contributed by atoms with E-state index >= 15 is 0 Å². The van der Waals surface area contributed by atoms with Crippen LogP contribution in [0.2, 0.25) is 0 Å². The lowest BCUT2D eigenvalue weighted by Crippen LogP contribution is -2.16. The van der Waals surface area contributed by atoms with E-state index in [1.54, 1.807) is 12.1 Å². The molecule has 5 nitrogen and oxygen atoms in total. The minimum Gasteiger partial charge on any atom is -0.381 e. The van der Waals surface area contributed by atoms with Gasteiger partial charge < -0.3 is 9.72 Å². The maximum absolute atomic E-state index is 12.8. The van der Waals surface area contributed by atoms with Crippen molar-refractivity contribution < 1.29 is 9.53 Å². The van der Waals surface area contributed by atoms with Crippen molar-refractivity contribution in [2.45, 2.75) is 24.7 Å². The number of hydrogen-bond donors (Lipinski definition) is 1. The fourth-order valence-electron chi connectivity index (χ4n) is 3.44. The minimum atomic E-state index is -0.939. The number of Topliss-reactive ketones (excluding diaryl/α,β-unsaturated/α-hetero) is 1. The third kappa shape index (κ3) is 3.12. The number of ether oxygens (including phenoxy) is 1. The van der Waals surface area contributed by atoms with E-state index in [1.807, 2.05) is 36.4 Å². The highest BCUT2D eigenvalue weighted by atomic mass is 16.5. The van der Waals surface area contributed by atoms with Gasteiger partial charge in [-0.05, 0) is 30.5 Å². The van der Waals surface area contributed by atoms with Crippen molar-refractivity contribution in [2.24, 2.45) is 0 Å². The first-order valence-electron chi connectivity index (χ1n) is 8.82. The lowest BCUT2D eigenvalue weighted by Gasteiger charge is -2.22. The van der Waals surface area contributed by atoms with Crippen LogP contribution in [0.25, 0.3) is 11.0 Å². The van der Waals surface area contributed by atoms with Gasteiger partial charge in [-0.1, -0.05) is 36.4 Å². The number of aromatic amines is 1. The summed E-state index contributed by atoms with van der Waals surface area (Å²) in [5.41, 5.74) is 3.28. The lowest BCUT2D eigenvalue weighted by molar-refractivity contribution is 0.0804. The standard InChI is InChI=1S/C21H19N3O2/c22-12-17(21-23-18-5-1-2-6-19(18)24-21)20(25)15-9-7-14(8-10-15)16-4-3-11-26-13-16/h1-2,5-10,16-17H,3-4,11,13H2,(H,23,24). The summed E-state index contributed by atoms with van der Waals surface area (Å²) in [6.45, 7) is 1.56. The lowest BCUT2D eigenvalue weighted by atomic mass is 9.91. The van der Waals surface area contributed by atoms with Crippen LogP contribution in [0.4, 0.5) is 0 Å². The van der Waals surface area contributed by atoms with E-state index in [1.165, 1.54) is 5.56 Å². The van der Waals surface area contributed by atoms with Crippen molar-refractivity contribution in [3.05, 3.63) is 65.5 Å². The molecular weight excluding hydrogens is 326 g/mol. The molecule has 2 atom stereocenters.